The number of hydrogen-bond donors (Lipinski definition) is 0. The van der Waals surface area contributed by atoms with Gasteiger partial charge >= 0.3 is 0 Å². The fourth-order valence-corrected chi connectivity index (χ4v) is 4.41. The van der Waals surface area contributed by atoms with Crippen molar-refractivity contribution in [2.75, 3.05) is 0 Å². The lowest BCUT2D eigenvalue weighted by atomic mass is 9.84. The van der Waals surface area contributed by atoms with Gasteiger partial charge in [-0.15, -0.1) is 0 Å². The van der Waals surface area contributed by atoms with E-state index < -0.39 is 0 Å². The summed E-state index contributed by atoms with van der Waals surface area (Å²) in [5, 5.41) is 1.01. The second-order valence-corrected chi connectivity index (χ2v) is 7.74. The van der Waals surface area contributed by atoms with Gasteiger partial charge in [-0.3, -0.25) is 9.97 Å². The number of rotatable bonds is 2. The molecule has 4 heterocycles. The molecule has 0 radical (unpaired) electrons. The van der Waals surface area contributed by atoms with Crippen LogP contribution in [-0.4, -0.2) is 15.0 Å². The van der Waals surface area contributed by atoms with Crippen LogP contribution in [0.4, 0.5) is 0 Å². The molecule has 1 aliphatic carbocycles. The van der Waals surface area contributed by atoms with Gasteiger partial charge in [0.05, 0.1) is 11.1 Å². The maximum absolute atomic E-state index is 6.02. The zero-order valence-electron chi connectivity index (χ0n) is 15.8. The first kappa shape index (κ1) is 16.4. The smallest absolute Gasteiger partial charge is 0.229 e. The Morgan fingerprint density at radius 2 is 1.85 bits per heavy atom. The third-order valence-corrected chi connectivity index (χ3v) is 5.76. The molecule has 1 aliphatic rings. The summed E-state index contributed by atoms with van der Waals surface area (Å²) < 4.78 is 6.02. The molecule has 1 fully saturated rings. The van der Waals surface area contributed by atoms with Gasteiger partial charge < -0.3 is 4.42 Å². The molecule has 0 N–H and O–H groups in total. The first-order valence-electron chi connectivity index (χ1n) is 9.82. The Labute approximate surface area is 158 Å². The molecule has 27 heavy (non-hydrogen) atoms. The third kappa shape index (κ3) is 2.89. The molecule has 0 aromatic carbocycles. The Morgan fingerprint density at radius 3 is 2.70 bits per heavy atom. The number of furan rings is 1. The highest BCUT2D eigenvalue weighted by Crippen LogP contribution is 2.35. The van der Waals surface area contributed by atoms with E-state index in [9.17, 15) is 0 Å². The van der Waals surface area contributed by atoms with Crippen molar-refractivity contribution in [3.63, 3.8) is 0 Å². The molecule has 136 valence electrons. The molecule has 0 spiro atoms. The molecule has 5 rings (SSSR count). The Kier molecular flexibility index (Phi) is 3.92. The first-order valence-corrected chi connectivity index (χ1v) is 9.82. The molecule has 0 atom stereocenters. The van der Waals surface area contributed by atoms with Crippen molar-refractivity contribution < 1.29 is 4.42 Å². The number of hydrogen-bond acceptors (Lipinski definition) is 4. The number of fused-ring (bicyclic) bond motifs is 3. The van der Waals surface area contributed by atoms with E-state index in [0.717, 1.165) is 39.0 Å². The van der Waals surface area contributed by atoms with Crippen LogP contribution in [0.5, 0.6) is 0 Å². The lowest BCUT2D eigenvalue weighted by Crippen LogP contribution is -2.04. The standard InChI is InChI=1S/C23H23N3O/c1-14-10-15(2)26-23-21(14)22-20(27-23)12-18(13-25-22)19-11-17(8-9-24-19)16-6-4-3-5-7-16/h8-13,16H,3-7H2,1-2H3. The lowest BCUT2D eigenvalue weighted by molar-refractivity contribution is 0.443. The zero-order chi connectivity index (χ0) is 18.4. The molecule has 0 amide bonds. The topological polar surface area (TPSA) is 51.8 Å². The quantitative estimate of drug-likeness (QED) is 0.435. The predicted octanol–water partition coefficient (Wildman–Crippen LogP) is 6.10. The van der Waals surface area contributed by atoms with Crippen molar-refractivity contribution in [3.8, 4) is 11.3 Å². The summed E-state index contributed by atoms with van der Waals surface area (Å²) in [6.07, 6.45) is 10.4. The summed E-state index contributed by atoms with van der Waals surface area (Å²) in [6.45, 7) is 4.07. The fraction of sp³-hybridized carbons (Fsp3) is 0.348. The van der Waals surface area contributed by atoms with Crippen molar-refractivity contribution in [1.29, 1.82) is 0 Å². The molecule has 4 nitrogen and oxygen atoms in total. The first-order chi connectivity index (χ1) is 13.2. The van der Waals surface area contributed by atoms with Crippen molar-refractivity contribution >= 4 is 22.2 Å². The van der Waals surface area contributed by atoms with Gasteiger partial charge in [-0.1, -0.05) is 19.3 Å². The molecule has 4 aromatic heterocycles. The van der Waals surface area contributed by atoms with Gasteiger partial charge in [0.15, 0.2) is 5.58 Å². The van der Waals surface area contributed by atoms with Gasteiger partial charge in [-0.25, -0.2) is 4.98 Å². The minimum absolute atomic E-state index is 0.663. The van der Waals surface area contributed by atoms with Crippen LogP contribution < -0.4 is 0 Å². The Morgan fingerprint density at radius 1 is 1.00 bits per heavy atom. The molecule has 0 unspecified atom stereocenters. The van der Waals surface area contributed by atoms with Crippen LogP contribution >= 0.6 is 0 Å². The van der Waals surface area contributed by atoms with Crippen LogP contribution in [0.2, 0.25) is 0 Å². The minimum atomic E-state index is 0.663. The summed E-state index contributed by atoms with van der Waals surface area (Å²) in [5.74, 6) is 0.665. The average molecular weight is 357 g/mol. The number of pyridine rings is 3. The van der Waals surface area contributed by atoms with Crippen molar-refractivity contribution in [1.82, 2.24) is 15.0 Å². The molecule has 4 aromatic rings. The average Bonchev–Trinajstić information content (AvgIpc) is 3.06. The summed E-state index contributed by atoms with van der Waals surface area (Å²) in [5.41, 5.74) is 7.78. The highest BCUT2D eigenvalue weighted by molar-refractivity contribution is 6.03. The van der Waals surface area contributed by atoms with E-state index in [0.29, 0.717) is 11.6 Å². The van der Waals surface area contributed by atoms with Crippen molar-refractivity contribution in [2.45, 2.75) is 51.9 Å². The normalized spacial score (nSPS) is 15.6. The van der Waals surface area contributed by atoms with Gasteiger partial charge in [-0.05, 0) is 68.0 Å². The highest BCUT2D eigenvalue weighted by Gasteiger charge is 2.17. The van der Waals surface area contributed by atoms with Crippen LogP contribution in [0.15, 0.2) is 41.1 Å². The van der Waals surface area contributed by atoms with Gasteiger partial charge in [-0.2, -0.15) is 0 Å². The van der Waals surface area contributed by atoms with Gasteiger partial charge in [0.25, 0.3) is 0 Å². The van der Waals surface area contributed by atoms with E-state index in [1.54, 1.807) is 0 Å². The van der Waals surface area contributed by atoms with Gasteiger partial charge in [0.2, 0.25) is 5.71 Å². The molecule has 0 bridgehead atoms. The maximum atomic E-state index is 6.02. The van der Waals surface area contributed by atoms with Crippen LogP contribution in [0.3, 0.4) is 0 Å². The molecule has 4 heteroatoms. The fourth-order valence-electron chi connectivity index (χ4n) is 4.41. The zero-order valence-corrected chi connectivity index (χ0v) is 15.8. The Bertz CT molecular complexity index is 1140. The second kappa shape index (κ2) is 6.45. The summed E-state index contributed by atoms with van der Waals surface area (Å²) in [4.78, 5) is 13.8. The van der Waals surface area contributed by atoms with Crippen LogP contribution in [0.25, 0.3) is 33.5 Å². The lowest BCUT2D eigenvalue weighted by Gasteiger charge is -2.22. The third-order valence-electron chi connectivity index (χ3n) is 5.76. The number of aryl methyl sites for hydroxylation is 2. The van der Waals surface area contributed by atoms with Crippen LogP contribution in [0.1, 0.15) is 54.8 Å². The van der Waals surface area contributed by atoms with Crippen LogP contribution in [-0.2, 0) is 0 Å². The minimum Gasteiger partial charge on any atom is -0.436 e. The van der Waals surface area contributed by atoms with E-state index in [1.807, 2.05) is 25.4 Å². The molecular weight excluding hydrogens is 334 g/mol. The Hall–Kier alpha value is -2.75. The summed E-state index contributed by atoms with van der Waals surface area (Å²) in [6, 6.07) is 8.52. The predicted molar refractivity (Wildman–Crippen MR) is 108 cm³/mol. The summed E-state index contributed by atoms with van der Waals surface area (Å²) >= 11 is 0. The largest absolute Gasteiger partial charge is 0.436 e. The van der Waals surface area contributed by atoms with Crippen LogP contribution in [0, 0.1) is 13.8 Å². The van der Waals surface area contributed by atoms with E-state index in [-0.39, 0.29) is 0 Å². The Balaban J connectivity index is 1.59. The number of nitrogens with zero attached hydrogens (tertiary/aromatic N) is 3. The molecule has 0 aliphatic heterocycles. The van der Waals surface area contributed by atoms with E-state index >= 15 is 0 Å². The maximum Gasteiger partial charge on any atom is 0.229 e. The second-order valence-electron chi connectivity index (χ2n) is 7.74. The molecule has 0 saturated heterocycles. The van der Waals surface area contributed by atoms with Crippen molar-refractivity contribution in [3.05, 3.63) is 53.5 Å². The monoisotopic (exact) mass is 357 g/mol. The molecular formula is C23H23N3O. The molecule has 1 saturated carbocycles. The van der Waals surface area contributed by atoms with E-state index in [1.165, 1.54) is 37.7 Å². The van der Waals surface area contributed by atoms with Gasteiger partial charge in [0.1, 0.15) is 5.52 Å². The SMILES string of the molecule is Cc1cc(C)c2c(n1)oc1cc(-c3cc(C4CCCCC4)ccn3)cnc12. The van der Waals surface area contributed by atoms with Crippen molar-refractivity contribution in [2.24, 2.45) is 0 Å². The van der Waals surface area contributed by atoms with Gasteiger partial charge in [0, 0.05) is 23.7 Å². The van der Waals surface area contributed by atoms with E-state index in [4.69, 9.17) is 9.40 Å². The summed E-state index contributed by atoms with van der Waals surface area (Å²) in [7, 11) is 0. The number of aromatic nitrogens is 3. The highest BCUT2D eigenvalue weighted by atomic mass is 16.3. The van der Waals surface area contributed by atoms with E-state index in [2.05, 4.69) is 35.1 Å².